The number of rotatable bonds is 25. The van der Waals surface area contributed by atoms with E-state index in [1.807, 2.05) is 6.92 Å². The molecule has 61 heavy (non-hydrogen) atoms. The summed E-state index contributed by atoms with van der Waals surface area (Å²) in [6, 6.07) is 19.7. The van der Waals surface area contributed by atoms with E-state index in [-0.39, 0.29) is 51.2 Å². The van der Waals surface area contributed by atoms with Gasteiger partial charge in [0.1, 0.15) is 30.2 Å². The van der Waals surface area contributed by atoms with E-state index >= 15 is 0 Å². The van der Waals surface area contributed by atoms with Gasteiger partial charge in [0, 0.05) is 32.4 Å². The summed E-state index contributed by atoms with van der Waals surface area (Å²) in [4.78, 5) is 96.4. The number of carbonyl (C=O) groups is 7. The van der Waals surface area contributed by atoms with Gasteiger partial charge >= 0.3 is 0 Å². The number of aliphatic imine (C=N–C) groups is 1. The van der Waals surface area contributed by atoms with Crippen molar-refractivity contribution in [2.45, 2.75) is 69.2 Å². The van der Waals surface area contributed by atoms with Gasteiger partial charge < -0.3 is 59.5 Å². The fraction of sp³-hybridized carbons (Fsp3) is 0.381. The second kappa shape index (κ2) is 26.3. The lowest BCUT2D eigenvalue weighted by Crippen LogP contribution is -2.60. The van der Waals surface area contributed by atoms with E-state index in [1.165, 1.54) is 0 Å². The Morgan fingerprint density at radius 3 is 1.48 bits per heavy atom. The van der Waals surface area contributed by atoms with Crippen molar-refractivity contribution in [2.24, 2.45) is 22.2 Å². The van der Waals surface area contributed by atoms with Crippen LogP contribution in [0.1, 0.15) is 36.5 Å². The number of carbonyl (C=O) groups excluding carboxylic acids is 7. The van der Waals surface area contributed by atoms with Gasteiger partial charge in [0.2, 0.25) is 41.4 Å². The van der Waals surface area contributed by atoms with Gasteiger partial charge in [-0.1, -0.05) is 91.0 Å². The third-order valence-electron chi connectivity index (χ3n) is 9.16. The van der Waals surface area contributed by atoms with Crippen LogP contribution in [0.3, 0.4) is 0 Å². The molecule has 3 aromatic carbocycles. The number of hydrogen-bond acceptors (Lipinski definition) is 10. The fourth-order valence-electron chi connectivity index (χ4n) is 5.97. The zero-order chi connectivity index (χ0) is 44.6. The standard InChI is InChI=1S/C42H57N11O8/c1-2-46-42(45)47-20-12-19-30(38(58)51-31(37(44)57)21-27-13-6-3-7-14-27)50-40(60)33(23-29-17-10-5-11-18-29)52-41(61)34(26-54)53-39(59)32(22-28-15-8-4-9-16-28)49-36(56)25-48-35(55)24-43/h3-11,13-18,30-34,54H,2,12,19-26,43H2,1H3,(H2,44,57)(H,48,55)(H,49,56)(H,50,60)(H,51,58)(H,52,61)(H,53,59)(H3,45,46,47)/t30-,31-,32-,33-,34-/m0/s1. The van der Waals surface area contributed by atoms with Gasteiger partial charge in [0.25, 0.3) is 0 Å². The highest BCUT2D eigenvalue weighted by Crippen LogP contribution is 2.09. The first-order chi connectivity index (χ1) is 29.3. The molecule has 0 aliphatic rings. The monoisotopic (exact) mass is 843 g/mol. The molecule has 0 unspecified atom stereocenters. The maximum absolute atomic E-state index is 14.1. The van der Waals surface area contributed by atoms with Gasteiger partial charge in [-0.05, 0) is 36.5 Å². The van der Waals surface area contributed by atoms with Crippen molar-refractivity contribution in [3.63, 3.8) is 0 Å². The molecule has 0 aliphatic carbocycles. The summed E-state index contributed by atoms with van der Waals surface area (Å²) in [7, 11) is 0. The van der Waals surface area contributed by atoms with Crippen LogP contribution in [-0.4, -0.2) is 115 Å². The number of primary amides is 1. The predicted molar refractivity (Wildman–Crippen MR) is 228 cm³/mol. The van der Waals surface area contributed by atoms with Crippen LogP contribution in [0.15, 0.2) is 96.0 Å². The molecule has 3 rings (SSSR count). The summed E-state index contributed by atoms with van der Waals surface area (Å²) in [5.74, 6) is -5.18. The minimum Gasteiger partial charge on any atom is -0.394 e. The Labute approximate surface area is 354 Å². The first kappa shape index (κ1) is 48.5. The number of guanidine groups is 1. The van der Waals surface area contributed by atoms with Crippen LogP contribution in [0.2, 0.25) is 0 Å². The molecule has 5 atom stereocenters. The van der Waals surface area contributed by atoms with Crippen molar-refractivity contribution in [3.8, 4) is 0 Å². The third-order valence-corrected chi connectivity index (χ3v) is 9.16. The third kappa shape index (κ3) is 17.9. The molecule has 0 fully saturated rings. The predicted octanol–water partition coefficient (Wildman–Crippen LogP) is -2.60. The number of amides is 7. The van der Waals surface area contributed by atoms with E-state index in [2.05, 4.69) is 42.2 Å². The van der Waals surface area contributed by atoms with E-state index < -0.39 is 84.7 Å². The van der Waals surface area contributed by atoms with Gasteiger partial charge in [-0.3, -0.25) is 38.6 Å². The Balaban J connectivity index is 1.85. The fourth-order valence-corrected chi connectivity index (χ4v) is 5.97. The maximum atomic E-state index is 14.1. The zero-order valence-electron chi connectivity index (χ0n) is 34.1. The molecule has 0 radical (unpaired) electrons. The lowest BCUT2D eigenvalue weighted by Gasteiger charge is -2.27. The van der Waals surface area contributed by atoms with Crippen molar-refractivity contribution in [1.82, 2.24) is 37.2 Å². The highest BCUT2D eigenvalue weighted by molar-refractivity contribution is 5.97. The quantitative estimate of drug-likeness (QED) is 0.0239. The SMILES string of the molecule is CCNC(N)=NCCC[C@H](NC(=O)[C@H](Cc1ccccc1)NC(=O)[C@H](CO)NC(=O)[C@H](Cc1ccccc1)NC(=O)CNC(=O)CN)C(=O)N[C@@H](Cc1ccccc1)C(N)=O. The Bertz CT molecular complexity index is 1920. The van der Waals surface area contributed by atoms with Crippen molar-refractivity contribution >= 4 is 47.3 Å². The smallest absolute Gasteiger partial charge is 0.245 e. The number of nitrogens with one attached hydrogen (secondary N) is 7. The molecular formula is C42H57N11O8. The summed E-state index contributed by atoms with van der Waals surface area (Å²) in [6.07, 6.45) is 0.331. The van der Waals surface area contributed by atoms with Gasteiger partial charge in [0.15, 0.2) is 5.96 Å². The van der Waals surface area contributed by atoms with Gasteiger partial charge in [0.05, 0.1) is 19.7 Å². The first-order valence-corrected chi connectivity index (χ1v) is 19.9. The Hall–Kier alpha value is -6.86. The molecular weight excluding hydrogens is 787 g/mol. The average molecular weight is 844 g/mol. The van der Waals surface area contributed by atoms with Crippen molar-refractivity contribution in [3.05, 3.63) is 108 Å². The average Bonchev–Trinajstić information content (AvgIpc) is 3.25. The molecule has 0 saturated heterocycles. The number of aliphatic hydroxyl groups excluding tert-OH is 1. The molecule has 328 valence electrons. The molecule has 0 bridgehead atoms. The van der Waals surface area contributed by atoms with E-state index in [0.29, 0.717) is 17.7 Å². The summed E-state index contributed by atoms with van der Waals surface area (Å²) in [6.45, 7) is 0.871. The summed E-state index contributed by atoms with van der Waals surface area (Å²) < 4.78 is 0. The number of hydrogen-bond donors (Lipinski definition) is 11. The zero-order valence-corrected chi connectivity index (χ0v) is 34.1. The molecule has 0 spiro atoms. The Morgan fingerprint density at radius 2 is 1.00 bits per heavy atom. The van der Waals surface area contributed by atoms with Gasteiger partial charge in [-0.2, -0.15) is 0 Å². The van der Waals surface area contributed by atoms with Crippen LogP contribution < -0.4 is 54.4 Å². The summed E-state index contributed by atoms with van der Waals surface area (Å²) in [5, 5.41) is 28.5. The Morgan fingerprint density at radius 1 is 0.574 bits per heavy atom. The molecule has 14 N–H and O–H groups in total. The topological polar surface area (TPSA) is 314 Å². The number of nitrogens with two attached hydrogens (primary N) is 3. The number of nitrogens with zero attached hydrogens (tertiary/aromatic N) is 1. The van der Waals surface area contributed by atoms with Crippen molar-refractivity contribution < 1.29 is 38.7 Å². The van der Waals surface area contributed by atoms with Gasteiger partial charge in [-0.15, -0.1) is 0 Å². The summed E-state index contributed by atoms with van der Waals surface area (Å²) >= 11 is 0. The molecule has 19 heteroatoms. The van der Waals surface area contributed by atoms with E-state index in [9.17, 15) is 38.7 Å². The molecule has 0 aliphatic heterocycles. The highest BCUT2D eigenvalue weighted by Gasteiger charge is 2.32. The van der Waals surface area contributed by atoms with Crippen molar-refractivity contribution in [2.75, 3.05) is 32.8 Å². The van der Waals surface area contributed by atoms with Crippen LogP contribution in [0, 0.1) is 0 Å². The summed E-state index contributed by atoms with van der Waals surface area (Å²) in [5.41, 5.74) is 18.9. The molecule has 0 heterocycles. The van der Waals surface area contributed by atoms with Crippen molar-refractivity contribution in [1.29, 1.82) is 0 Å². The van der Waals surface area contributed by atoms with Crippen LogP contribution >= 0.6 is 0 Å². The van der Waals surface area contributed by atoms with Crippen LogP contribution in [-0.2, 0) is 52.8 Å². The molecule has 0 saturated carbocycles. The molecule has 7 amide bonds. The Kier molecular flexibility index (Phi) is 20.9. The molecule has 0 aromatic heterocycles. The lowest BCUT2D eigenvalue weighted by atomic mass is 10.0. The highest BCUT2D eigenvalue weighted by atomic mass is 16.3. The van der Waals surface area contributed by atoms with Crippen LogP contribution in [0.4, 0.5) is 0 Å². The second-order valence-corrected chi connectivity index (χ2v) is 13.9. The molecule has 19 nitrogen and oxygen atoms in total. The van der Waals surface area contributed by atoms with E-state index in [4.69, 9.17) is 17.2 Å². The van der Waals surface area contributed by atoms with Crippen LogP contribution in [0.25, 0.3) is 0 Å². The minimum atomic E-state index is -1.60. The normalized spacial score (nSPS) is 13.5. The number of benzene rings is 3. The lowest BCUT2D eigenvalue weighted by molar-refractivity contribution is -0.135. The van der Waals surface area contributed by atoms with E-state index in [1.54, 1.807) is 91.0 Å². The van der Waals surface area contributed by atoms with Gasteiger partial charge in [-0.25, -0.2) is 0 Å². The maximum Gasteiger partial charge on any atom is 0.245 e. The van der Waals surface area contributed by atoms with E-state index in [0.717, 1.165) is 5.56 Å². The molecule has 3 aromatic rings. The second-order valence-electron chi connectivity index (χ2n) is 13.9. The largest absolute Gasteiger partial charge is 0.394 e. The minimum absolute atomic E-state index is 0.0134. The number of aliphatic hydroxyl groups is 1. The van der Waals surface area contributed by atoms with Crippen LogP contribution in [0.5, 0.6) is 0 Å². The first-order valence-electron chi connectivity index (χ1n) is 19.9.